The lowest BCUT2D eigenvalue weighted by molar-refractivity contribution is -0.121. The Bertz CT molecular complexity index is 169. The summed E-state index contributed by atoms with van der Waals surface area (Å²) < 4.78 is 0.361. The van der Waals surface area contributed by atoms with Crippen LogP contribution in [0, 0.1) is 5.92 Å². The fraction of sp³-hybridized carbons (Fsp3) is 0.900. The van der Waals surface area contributed by atoms with Gasteiger partial charge in [0.25, 0.3) is 0 Å². The summed E-state index contributed by atoms with van der Waals surface area (Å²) in [5.74, 6) is 1.14. The summed E-state index contributed by atoms with van der Waals surface area (Å²) in [7, 11) is 0. The van der Waals surface area contributed by atoms with Gasteiger partial charge in [-0.15, -0.1) is 0 Å². The van der Waals surface area contributed by atoms with Crippen molar-refractivity contribution in [3.8, 4) is 0 Å². The molecule has 0 bridgehead atoms. The molecule has 0 aromatic heterocycles. The van der Waals surface area contributed by atoms with Crippen LogP contribution in [0.15, 0.2) is 0 Å². The smallest absolute Gasteiger partial charge is 0.133 e. The summed E-state index contributed by atoms with van der Waals surface area (Å²) in [5.41, 5.74) is 0. The Morgan fingerprint density at radius 3 is 2.75 bits per heavy atom. The zero-order valence-corrected chi connectivity index (χ0v) is 10.1. The summed E-state index contributed by atoms with van der Waals surface area (Å²) in [4.78, 5) is 11.2. The number of hydrogen-bond donors (Lipinski definition) is 0. The lowest BCUT2D eigenvalue weighted by atomic mass is 9.83. The molecule has 70 valence electrons. The van der Waals surface area contributed by atoms with Gasteiger partial charge >= 0.3 is 0 Å². The Hall–Kier alpha value is 0.400. The maximum absolute atomic E-state index is 11.2. The molecule has 1 saturated carbocycles. The topological polar surface area (TPSA) is 17.1 Å². The Morgan fingerprint density at radius 1 is 1.58 bits per heavy atom. The van der Waals surface area contributed by atoms with Crippen molar-refractivity contribution in [1.29, 1.82) is 0 Å². The van der Waals surface area contributed by atoms with Crippen LogP contribution in [0.3, 0.4) is 0 Å². The fourth-order valence-electron chi connectivity index (χ4n) is 1.97. The highest BCUT2D eigenvalue weighted by molar-refractivity contribution is 14.1. The average Bonchev–Trinajstić information content (AvgIpc) is 1.82. The maximum Gasteiger partial charge on any atom is 0.133 e. The van der Waals surface area contributed by atoms with Crippen molar-refractivity contribution in [3.63, 3.8) is 0 Å². The van der Waals surface area contributed by atoms with E-state index in [4.69, 9.17) is 0 Å². The average molecular weight is 280 g/mol. The van der Waals surface area contributed by atoms with Crippen molar-refractivity contribution in [2.45, 2.75) is 49.4 Å². The number of halogens is 1. The van der Waals surface area contributed by atoms with Crippen LogP contribution in [0.25, 0.3) is 0 Å². The number of hydrogen-bond acceptors (Lipinski definition) is 1. The SMILES string of the molecule is CC(C)(I)C[C@H]1CCCC(=O)C1. The van der Waals surface area contributed by atoms with Gasteiger partial charge in [-0.05, 0) is 25.2 Å². The number of Topliss-reactive ketones (excluding diaryl/α,β-unsaturated/α-hetero) is 1. The molecule has 0 aromatic rings. The first-order valence-corrected chi connectivity index (χ1v) is 5.76. The third kappa shape index (κ3) is 3.87. The lowest BCUT2D eigenvalue weighted by Gasteiger charge is -2.26. The van der Waals surface area contributed by atoms with Gasteiger partial charge in [0.1, 0.15) is 5.78 Å². The lowest BCUT2D eigenvalue weighted by Crippen LogP contribution is -2.22. The van der Waals surface area contributed by atoms with Crippen LogP contribution in [-0.2, 0) is 4.79 Å². The Balaban J connectivity index is 2.37. The summed E-state index contributed by atoms with van der Waals surface area (Å²) in [6.45, 7) is 4.49. The van der Waals surface area contributed by atoms with Crippen molar-refractivity contribution in [3.05, 3.63) is 0 Å². The van der Waals surface area contributed by atoms with Gasteiger partial charge in [0, 0.05) is 16.3 Å². The monoisotopic (exact) mass is 280 g/mol. The summed E-state index contributed by atoms with van der Waals surface area (Å²) in [6.07, 6.45) is 5.25. The van der Waals surface area contributed by atoms with Crippen LogP contribution >= 0.6 is 22.6 Å². The van der Waals surface area contributed by atoms with Crippen molar-refractivity contribution >= 4 is 28.4 Å². The molecule has 0 spiro atoms. The van der Waals surface area contributed by atoms with Crippen LogP contribution in [0.2, 0.25) is 0 Å². The molecule has 0 N–H and O–H groups in total. The van der Waals surface area contributed by atoms with Crippen molar-refractivity contribution in [2.24, 2.45) is 5.92 Å². The third-order valence-electron chi connectivity index (χ3n) is 2.36. The van der Waals surface area contributed by atoms with Crippen LogP contribution in [0.5, 0.6) is 0 Å². The van der Waals surface area contributed by atoms with E-state index in [1.54, 1.807) is 0 Å². The largest absolute Gasteiger partial charge is 0.300 e. The summed E-state index contributed by atoms with van der Waals surface area (Å²) >= 11 is 2.47. The van der Waals surface area contributed by atoms with Gasteiger partial charge in [0.15, 0.2) is 0 Å². The van der Waals surface area contributed by atoms with E-state index in [1.807, 2.05) is 0 Å². The molecule has 1 fully saturated rings. The van der Waals surface area contributed by atoms with Crippen LogP contribution < -0.4 is 0 Å². The molecule has 12 heavy (non-hydrogen) atoms. The minimum atomic E-state index is 0.361. The zero-order valence-electron chi connectivity index (χ0n) is 7.90. The Kier molecular flexibility index (Phi) is 3.56. The Morgan fingerprint density at radius 2 is 2.25 bits per heavy atom. The molecule has 0 amide bonds. The van der Waals surface area contributed by atoms with Gasteiger partial charge in [-0.3, -0.25) is 4.79 Å². The van der Waals surface area contributed by atoms with Gasteiger partial charge in [-0.1, -0.05) is 36.4 Å². The first kappa shape index (κ1) is 10.5. The number of rotatable bonds is 2. The van der Waals surface area contributed by atoms with E-state index in [-0.39, 0.29) is 0 Å². The van der Waals surface area contributed by atoms with E-state index in [0.29, 0.717) is 15.1 Å². The Labute approximate surface area is 88.4 Å². The van der Waals surface area contributed by atoms with Crippen molar-refractivity contribution in [2.75, 3.05) is 0 Å². The fourth-order valence-corrected chi connectivity index (χ4v) is 2.60. The second-order valence-corrected chi connectivity index (χ2v) is 7.34. The molecule has 0 heterocycles. The molecule has 0 radical (unpaired) electrons. The minimum Gasteiger partial charge on any atom is -0.300 e. The van der Waals surface area contributed by atoms with E-state index in [9.17, 15) is 4.79 Å². The van der Waals surface area contributed by atoms with Crippen LogP contribution in [-0.4, -0.2) is 9.20 Å². The molecular weight excluding hydrogens is 263 g/mol. The van der Waals surface area contributed by atoms with Crippen LogP contribution in [0.4, 0.5) is 0 Å². The number of ketones is 1. The van der Waals surface area contributed by atoms with E-state index < -0.39 is 0 Å². The molecule has 1 atom stereocenters. The van der Waals surface area contributed by atoms with Crippen molar-refractivity contribution in [1.82, 2.24) is 0 Å². The van der Waals surface area contributed by atoms with Gasteiger partial charge in [-0.2, -0.15) is 0 Å². The number of carbonyl (C=O) groups excluding carboxylic acids is 1. The summed E-state index contributed by atoms with van der Waals surface area (Å²) in [5, 5.41) is 0. The predicted molar refractivity (Wildman–Crippen MR) is 59.7 cm³/mol. The van der Waals surface area contributed by atoms with E-state index in [2.05, 4.69) is 36.4 Å². The van der Waals surface area contributed by atoms with E-state index >= 15 is 0 Å². The molecule has 1 rings (SSSR count). The van der Waals surface area contributed by atoms with Gasteiger partial charge in [0.2, 0.25) is 0 Å². The van der Waals surface area contributed by atoms with E-state index in [0.717, 1.165) is 19.3 Å². The van der Waals surface area contributed by atoms with Gasteiger partial charge in [-0.25, -0.2) is 0 Å². The second-order valence-electron chi connectivity index (χ2n) is 4.42. The summed E-state index contributed by atoms with van der Waals surface area (Å²) in [6, 6.07) is 0. The third-order valence-corrected chi connectivity index (χ3v) is 2.80. The molecule has 1 nitrogen and oxygen atoms in total. The first-order chi connectivity index (χ1) is 5.47. The molecule has 0 saturated heterocycles. The first-order valence-electron chi connectivity index (χ1n) is 4.68. The van der Waals surface area contributed by atoms with Crippen LogP contribution in [0.1, 0.15) is 46.0 Å². The molecule has 1 aliphatic carbocycles. The van der Waals surface area contributed by atoms with E-state index in [1.165, 1.54) is 12.8 Å². The molecule has 2 heteroatoms. The number of alkyl halides is 1. The normalized spacial score (nSPS) is 25.9. The highest BCUT2D eigenvalue weighted by atomic mass is 127. The zero-order chi connectivity index (χ0) is 9.19. The second kappa shape index (κ2) is 4.07. The van der Waals surface area contributed by atoms with Gasteiger partial charge < -0.3 is 0 Å². The predicted octanol–water partition coefficient (Wildman–Crippen LogP) is 3.35. The highest BCUT2D eigenvalue weighted by Crippen LogP contribution is 2.33. The quantitative estimate of drug-likeness (QED) is 0.560. The molecule has 0 unspecified atom stereocenters. The molecule has 1 aliphatic rings. The highest BCUT2D eigenvalue weighted by Gasteiger charge is 2.24. The van der Waals surface area contributed by atoms with Gasteiger partial charge in [0.05, 0.1) is 0 Å². The molecule has 0 aromatic carbocycles. The molecular formula is C10H17IO. The minimum absolute atomic E-state index is 0.361. The van der Waals surface area contributed by atoms with Crippen molar-refractivity contribution < 1.29 is 4.79 Å². The number of carbonyl (C=O) groups is 1. The molecule has 0 aliphatic heterocycles. The standard InChI is InChI=1S/C10H17IO/c1-10(2,11)7-8-4-3-5-9(12)6-8/h8H,3-7H2,1-2H3/t8-/m0/s1. The maximum atomic E-state index is 11.2.